The summed E-state index contributed by atoms with van der Waals surface area (Å²) in [6.45, 7) is 2.16. The summed E-state index contributed by atoms with van der Waals surface area (Å²) < 4.78 is 0. The quantitative estimate of drug-likeness (QED) is 0.582. The zero-order valence-corrected chi connectivity index (χ0v) is 11.7. The van der Waals surface area contributed by atoms with Crippen LogP contribution in [0.1, 0.15) is 11.1 Å². The average molecular weight is 283 g/mol. The van der Waals surface area contributed by atoms with Crippen molar-refractivity contribution in [3.63, 3.8) is 0 Å². The van der Waals surface area contributed by atoms with Crippen molar-refractivity contribution in [2.45, 2.75) is 6.92 Å². The van der Waals surface area contributed by atoms with Gasteiger partial charge in [0.2, 0.25) is 0 Å². The molecule has 0 saturated carbocycles. The van der Waals surface area contributed by atoms with Gasteiger partial charge < -0.3 is 10.4 Å². The normalized spacial score (nSPS) is 10.5. The van der Waals surface area contributed by atoms with Crippen LogP contribution in [0, 0.1) is 6.92 Å². The molecule has 3 N–H and O–H groups in total. The molecule has 21 heavy (non-hydrogen) atoms. The number of anilines is 1. The van der Waals surface area contributed by atoms with Gasteiger partial charge in [-0.2, -0.15) is 5.10 Å². The van der Waals surface area contributed by atoms with Crippen molar-refractivity contribution in [3.8, 4) is 5.75 Å². The molecule has 0 aliphatic carbocycles. The summed E-state index contributed by atoms with van der Waals surface area (Å²) in [4.78, 5) is 11.6. The van der Waals surface area contributed by atoms with Gasteiger partial charge in [-0.05, 0) is 48.9 Å². The molecule has 5 nitrogen and oxygen atoms in total. The molecule has 2 aromatic rings. The molecule has 108 valence electrons. The Labute approximate surface area is 123 Å². The molecule has 1 amide bonds. The van der Waals surface area contributed by atoms with Gasteiger partial charge in [-0.3, -0.25) is 4.79 Å². The fourth-order valence-electron chi connectivity index (χ4n) is 1.63. The van der Waals surface area contributed by atoms with Crippen LogP contribution in [0.3, 0.4) is 0 Å². The molecular weight excluding hydrogens is 266 g/mol. The van der Waals surface area contributed by atoms with E-state index in [1.807, 2.05) is 31.2 Å². The fraction of sp³-hybridized carbons (Fsp3) is 0.125. The molecule has 0 aromatic heterocycles. The van der Waals surface area contributed by atoms with E-state index >= 15 is 0 Å². The van der Waals surface area contributed by atoms with Gasteiger partial charge in [-0.1, -0.05) is 17.7 Å². The van der Waals surface area contributed by atoms with Crippen LogP contribution in [-0.4, -0.2) is 23.8 Å². The molecule has 2 rings (SSSR count). The fourth-order valence-corrected chi connectivity index (χ4v) is 1.63. The number of carbonyl (C=O) groups is 1. The monoisotopic (exact) mass is 283 g/mol. The van der Waals surface area contributed by atoms with Gasteiger partial charge in [-0.25, -0.2) is 5.43 Å². The number of aromatic hydroxyl groups is 1. The highest BCUT2D eigenvalue weighted by Crippen LogP contribution is 2.08. The van der Waals surface area contributed by atoms with Crippen LogP contribution < -0.4 is 10.7 Å². The van der Waals surface area contributed by atoms with E-state index in [4.69, 9.17) is 5.11 Å². The maximum absolute atomic E-state index is 11.6. The lowest BCUT2D eigenvalue weighted by atomic mass is 10.2. The van der Waals surface area contributed by atoms with E-state index in [1.54, 1.807) is 24.3 Å². The molecule has 0 unspecified atom stereocenters. The SMILES string of the molecule is Cc1ccc(NCC(=O)N/N=C\c2ccc(O)cc2)cc1. The molecule has 0 radical (unpaired) electrons. The number of rotatable bonds is 5. The topological polar surface area (TPSA) is 73.7 Å². The van der Waals surface area contributed by atoms with E-state index in [0.29, 0.717) is 0 Å². The van der Waals surface area contributed by atoms with Gasteiger partial charge in [0.15, 0.2) is 0 Å². The van der Waals surface area contributed by atoms with Crippen molar-refractivity contribution < 1.29 is 9.90 Å². The first-order valence-corrected chi connectivity index (χ1v) is 6.55. The van der Waals surface area contributed by atoms with E-state index in [2.05, 4.69) is 15.8 Å². The van der Waals surface area contributed by atoms with E-state index in [1.165, 1.54) is 11.8 Å². The zero-order valence-electron chi connectivity index (χ0n) is 11.7. The van der Waals surface area contributed by atoms with Crippen molar-refractivity contribution in [2.24, 2.45) is 5.10 Å². The molecule has 0 saturated heterocycles. The van der Waals surface area contributed by atoms with E-state index < -0.39 is 0 Å². The summed E-state index contributed by atoms with van der Waals surface area (Å²) in [6, 6.07) is 14.3. The van der Waals surface area contributed by atoms with Gasteiger partial charge in [-0.15, -0.1) is 0 Å². The molecule has 0 atom stereocenters. The number of hydrogen-bond acceptors (Lipinski definition) is 4. The molecule has 0 aliphatic heterocycles. The van der Waals surface area contributed by atoms with Crippen molar-refractivity contribution >= 4 is 17.8 Å². The van der Waals surface area contributed by atoms with Gasteiger partial charge >= 0.3 is 0 Å². The summed E-state index contributed by atoms with van der Waals surface area (Å²) >= 11 is 0. The third-order valence-corrected chi connectivity index (χ3v) is 2.80. The van der Waals surface area contributed by atoms with Gasteiger partial charge in [0.25, 0.3) is 5.91 Å². The predicted molar refractivity (Wildman–Crippen MR) is 83.5 cm³/mol. The lowest BCUT2D eigenvalue weighted by Gasteiger charge is -2.05. The molecule has 0 bridgehead atoms. The summed E-state index contributed by atoms with van der Waals surface area (Å²) in [5.74, 6) is -0.0379. The Bertz CT molecular complexity index is 619. The van der Waals surface area contributed by atoms with Gasteiger partial charge in [0, 0.05) is 5.69 Å². The number of amides is 1. The number of hydrazone groups is 1. The Morgan fingerprint density at radius 1 is 1.14 bits per heavy atom. The first kappa shape index (κ1) is 14.6. The summed E-state index contributed by atoms with van der Waals surface area (Å²) in [7, 11) is 0. The largest absolute Gasteiger partial charge is 0.508 e. The maximum Gasteiger partial charge on any atom is 0.259 e. The Kier molecular flexibility index (Phi) is 4.93. The Morgan fingerprint density at radius 3 is 2.48 bits per heavy atom. The molecule has 0 aliphatic rings. The number of aryl methyl sites for hydroxylation is 1. The second-order valence-electron chi connectivity index (χ2n) is 4.60. The van der Waals surface area contributed by atoms with Gasteiger partial charge in [0.1, 0.15) is 5.75 Å². The number of phenols is 1. The van der Waals surface area contributed by atoms with Crippen molar-refractivity contribution in [2.75, 3.05) is 11.9 Å². The van der Waals surface area contributed by atoms with Crippen molar-refractivity contribution in [1.29, 1.82) is 0 Å². The highest BCUT2D eigenvalue weighted by atomic mass is 16.3. The van der Waals surface area contributed by atoms with Gasteiger partial charge in [0.05, 0.1) is 12.8 Å². The van der Waals surface area contributed by atoms with Crippen molar-refractivity contribution in [1.82, 2.24) is 5.43 Å². The van der Waals surface area contributed by atoms with E-state index in [0.717, 1.165) is 11.3 Å². The first-order valence-electron chi connectivity index (χ1n) is 6.55. The van der Waals surface area contributed by atoms with Crippen LogP contribution in [0.15, 0.2) is 53.6 Å². The summed E-state index contributed by atoms with van der Waals surface area (Å²) in [6.07, 6.45) is 1.52. The predicted octanol–water partition coefficient (Wildman–Crippen LogP) is 2.26. The average Bonchev–Trinajstić information content (AvgIpc) is 2.49. The third kappa shape index (κ3) is 4.99. The highest BCUT2D eigenvalue weighted by Gasteiger charge is 1.99. The smallest absolute Gasteiger partial charge is 0.259 e. The minimum absolute atomic E-state index is 0.149. The highest BCUT2D eigenvalue weighted by molar-refractivity contribution is 5.84. The third-order valence-electron chi connectivity index (χ3n) is 2.80. The first-order chi connectivity index (χ1) is 10.1. The number of hydrogen-bond donors (Lipinski definition) is 3. The lowest BCUT2D eigenvalue weighted by Crippen LogP contribution is -2.25. The molecule has 0 heterocycles. The minimum atomic E-state index is -0.231. The molecule has 2 aromatic carbocycles. The summed E-state index contributed by atoms with van der Waals surface area (Å²) in [5, 5.41) is 16.0. The number of nitrogens with zero attached hydrogens (tertiary/aromatic N) is 1. The standard InChI is InChI=1S/C16H17N3O2/c1-12-2-6-14(7-3-12)17-11-16(21)19-18-10-13-4-8-15(20)9-5-13/h2-10,17,20H,11H2,1H3,(H,19,21)/b18-10-. The van der Waals surface area contributed by atoms with E-state index in [9.17, 15) is 4.79 Å². The number of nitrogens with one attached hydrogen (secondary N) is 2. The number of benzene rings is 2. The minimum Gasteiger partial charge on any atom is -0.508 e. The van der Waals surface area contributed by atoms with Crippen LogP contribution in [0.5, 0.6) is 5.75 Å². The van der Waals surface area contributed by atoms with Crippen LogP contribution in [0.2, 0.25) is 0 Å². The summed E-state index contributed by atoms with van der Waals surface area (Å²) in [5.41, 5.74) is 5.28. The number of carbonyl (C=O) groups excluding carboxylic acids is 1. The molecule has 0 spiro atoms. The Morgan fingerprint density at radius 2 is 1.81 bits per heavy atom. The van der Waals surface area contributed by atoms with Crippen molar-refractivity contribution in [3.05, 3.63) is 59.7 Å². The zero-order chi connectivity index (χ0) is 15.1. The van der Waals surface area contributed by atoms with E-state index in [-0.39, 0.29) is 18.2 Å². The molecule has 0 fully saturated rings. The number of phenolic OH excluding ortho intramolecular Hbond substituents is 1. The van der Waals surface area contributed by atoms with Crippen LogP contribution in [-0.2, 0) is 4.79 Å². The van der Waals surface area contributed by atoms with Crippen LogP contribution in [0.4, 0.5) is 5.69 Å². The molecular formula is C16H17N3O2. The second-order valence-corrected chi connectivity index (χ2v) is 4.60. The Balaban J connectivity index is 1.77. The second kappa shape index (κ2) is 7.09. The lowest BCUT2D eigenvalue weighted by molar-refractivity contribution is -0.119. The Hall–Kier alpha value is -2.82. The molecule has 5 heteroatoms. The van der Waals surface area contributed by atoms with Crippen LogP contribution in [0.25, 0.3) is 0 Å². The van der Waals surface area contributed by atoms with Crippen LogP contribution >= 0.6 is 0 Å². The maximum atomic E-state index is 11.6.